The van der Waals surface area contributed by atoms with Crippen molar-refractivity contribution >= 4 is 22.7 Å². The zero-order chi connectivity index (χ0) is 20.2. The van der Waals surface area contributed by atoms with E-state index in [1.807, 2.05) is 60.7 Å². The molecule has 1 aromatic heterocycles. The van der Waals surface area contributed by atoms with Gasteiger partial charge in [-0.1, -0.05) is 32.0 Å². The average molecular weight is 386 g/mol. The summed E-state index contributed by atoms with van der Waals surface area (Å²) < 4.78 is 11.5. The second kappa shape index (κ2) is 8.19. The Labute approximate surface area is 169 Å². The number of amides is 1. The second-order valence-corrected chi connectivity index (χ2v) is 7.25. The summed E-state index contributed by atoms with van der Waals surface area (Å²) in [5.41, 5.74) is 3.58. The maximum atomic E-state index is 12.6. The minimum absolute atomic E-state index is 0.185. The number of nitrogens with one attached hydrogen (secondary N) is 1. The first-order valence-electron chi connectivity index (χ1n) is 9.59. The number of hydrogen-bond donors (Lipinski definition) is 1. The van der Waals surface area contributed by atoms with Gasteiger partial charge in [-0.15, -0.1) is 0 Å². The fourth-order valence-electron chi connectivity index (χ4n) is 2.89. The maximum absolute atomic E-state index is 12.6. The van der Waals surface area contributed by atoms with Crippen LogP contribution in [-0.4, -0.2) is 17.5 Å². The molecule has 1 N–H and O–H groups in total. The molecule has 146 valence electrons. The molecular formula is C24H22N2O3. The van der Waals surface area contributed by atoms with Gasteiger partial charge in [-0.25, -0.2) is 4.98 Å². The van der Waals surface area contributed by atoms with Crippen molar-refractivity contribution in [2.75, 3.05) is 11.9 Å². The van der Waals surface area contributed by atoms with Crippen molar-refractivity contribution < 1.29 is 13.9 Å². The van der Waals surface area contributed by atoms with Crippen molar-refractivity contribution in [3.05, 3.63) is 78.4 Å². The van der Waals surface area contributed by atoms with Crippen LogP contribution in [0.3, 0.4) is 0 Å². The van der Waals surface area contributed by atoms with E-state index in [1.165, 1.54) is 0 Å². The topological polar surface area (TPSA) is 64.4 Å². The van der Waals surface area contributed by atoms with E-state index >= 15 is 0 Å². The van der Waals surface area contributed by atoms with Gasteiger partial charge in [-0.05, 0) is 60.5 Å². The van der Waals surface area contributed by atoms with Gasteiger partial charge in [-0.3, -0.25) is 4.79 Å². The minimum Gasteiger partial charge on any atom is -0.493 e. The largest absolute Gasteiger partial charge is 0.493 e. The van der Waals surface area contributed by atoms with Gasteiger partial charge in [-0.2, -0.15) is 0 Å². The Kier molecular flexibility index (Phi) is 5.29. The summed E-state index contributed by atoms with van der Waals surface area (Å²) in [5, 5.41) is 2.92. The molecule has 29 heavy (non-hydrogen) atoms. The van der Waals surface area contributed by atoms with E-state index in [4.69, 9.17) is 9.15 Å². The summed E-state index contributed by atoms with van der Waals surface area (Å²) >= 11 is 0. The number of aromatic nitrogens is 1. The lowest BCUT2D eigenvalue weighted by atomic mass is 10.1. The standard InChI is InChI=1S/C24H22N2O3/c1-16(2)15-28-20-12-10-17(11-13-20)23(27)25-19-7-5-6-18(14-19)24-26-21-8-3-4-9-22(21)29-24/h3-14,16H,15H2,1-2H3,(H,25,27). The van der Waals surface area contributed by atoms with Gasteiger partial charge in [0.05, 0.1) is 6.61 Å². The molecule has 0 saturated heterocycles. The molecule has 4 aromatic rings. The average Bonchev–Trinajstić information content (AvgIpc) is 3.17. The Morgan fingerprint density at radius 2 is 1.83 bits per heavy atom. The van der Waals surface area contributed by atoms with Gasteiger partial charge in [0.25, 0.3) is 5.91 Å². The molecule has 0 atom stereocenters. The molecule has 1 heterocycles. The first-order valence-corrected chi connectivity index (χ1v) is 9.59. The van der Waals surface area contributed by atoms with Crippen molar-refractivity contribution in [1.29, 1.82) is 0 Å². The molecule has 5 heteroatoms. The minimum atomic E-state index is -0.185. The van der Waals surface area contributed by atoms with E-state index in [0.29, 0.717) is 29.7 Å². The number of oxazole rings is 1. The number of hydrogen-bond acceptors (Lipinski definition) is 4. The smallest absolute Gasteiger partial charge is 0.255 e. The maximum Gasteiger partial charge on any atom is 0.255 e. The summed E-state index contributed by atoms with van der Waals surface area (Å²) in [4.78, 5) is 17.1. The number of carbonyl (C=O) groups excluding carboxylic acids is 1. The van der Waals surface area contributed by atoms with Crippen LogP contribution in [0.4, 0.5) is 5.69 Å². The van der Waals surface area contributed by atoms with Gasteiger partial charge in [0.15, 0.2) is 5.58 Å². The Morgan fingerprint density at radius 1 is 1.03 bits per heavy atom. The molecule has 0 radical (unpaired) electrons. The predicted molar refractivity (Wildman–Crippen MR) is 114 cm³/mol. The van der Waals surface area contributed by atoms with Crippen molar-refractivity contribution in [3.63, 3.8) is 0 Å². The van der Waals surface area contributed by atoms with E-state index in [1.54, 1.807) is 12.1 Å². The monoisotopic (exact) mass is 386 g/mol. The number of nitrogens with zero attached hydrogens (tertiary/aromatic N) is 1. The highest BCUT2D eigenvalue weighted by atomic mass is 16.5. The summed E-state index contributed by atoms with van der Waals surface area (Å²) in [6.45, 7) is 4.84. The molecule has 0 unspecified atom stereocenters. The first-order chi connectivity index (χ1) is 14.1. The van der Waals surface area contributed by atoms with Gasteiger partial charge in [0.1, 0.15) is 11.3 Å². The third-order valence-corrected chi connectivity index (χ3v) is 4.36. The van der Waals surface area contributed by atoms with Crippen LogP contribution < -0.4 is 10.1 Å². The lowest BCUT2D eigenvalue weighted by Gasteiger charge is -2.10. The third-order valence-electron chi connectivity index (χ3n) is 4.36. The van der Waals surface area contributed by atoms with E-state index in [2.05, 4.69) is 24.1 Å². The molecule has 3 aromatic carbocycles. The fraction of sp³-hybridized carbons (Fsp3) is 0.167. The van der Waals surface area contributed by atoms with E-state index in [0.717, 1.165) is 22.4 Å². The number of anilines is 1. The molecule has 0 bridgehead atoms. The van der Waals surface area contributed by atoms with Crippen LogP contribution in [0.5, 0.6) is 5.75 Å². The molecule has 4 rings (SSSR count). The molecule has 5 nitrogen and oxygen atoms in total. The fourth-order valence-corrected chi connectivity index (χ4v) is 2.89. The zero-order valence-electron chi connectivity index (χ0n) is 16.4. The number of carbonyl (C=O) groups is 1. The normalized spacial score (nSPS) is 11.0. The highest BCUT2D eigenvalue weighted by molar-refractivity contribution is 6.04. The molecule has 0 aliphatic rings. The molecule has 0 aliphatic heterocycles. The second-order valence-electron chi connectivity index (χ2n) is 7.25. The quantitative estimate of drug-likeness (QED) is 0.456. The van der Waals surface area contributed by atoms with E-state index in [-0.39, 0.29) is 5.91 Å². The number of para-hydroxylation sites is 2. The van der Waals surface area contributed by atoms with Gasteiger partial charge < -0.3 is 14.5 Å². The number of fused-ring (bicyclic) bond motifs is 1. The van der Waals surface area contributed by atoms with E-state index in [9.17, 15) is 4.79 Å². The van der Waals surface area contributed by atoms with Crippen molar-refractivity contribution in [2.45, 2.75) is 13.8 Å². The molecule has 0 fully saturated rings. The number of rotatable bonds is 6. The van der Waals surface area contributed by atoms with Crippen LogP contribution in [0.25, 0.3) is 22.6 Å². The van der Waals surface area contributed by atoms with E-state index < -0.39 is 0 Å². The van der Waals surface area contributed by atoms with Gasteiger partial charge in [0, 0.05) is 16.8 Å². The summed E-state index contributed by atoms with van der Waals surface area (Å²) in [6.07, 6.45) is 0. The van der Waals surface area contributed by atoms with Crippen molar-refractivity contribution in [2.24, 2.45) is 5.92 Å². The molecule has 1 amide bonds. The van der Waals surface area contributed by atoms with Crippen LogP contribution in [0.2, 0.25) is 0 Å². The predicted octanol–water partition coefficient (Wildman–Crippen LogP) is 5.78. The Hall–Kier alpha value is -3.60. The molecule has 0 spiro atoms. The Morgan fingerprint density at radius 3 is 2.59 bits per heavy atom. The lowest BCUT2D eigenvalue weighted by molar-refractivity contribution is 0.102. The summed E-state index contributed by atoms with van der Waals surface area (Å²) in [6, 6.07) is 22.2. The molecular weight excluding hydrogens is 364 g/mol. The Balaban J connectivity index is 1.48. The molecule has 0 saturated carbocycles. The van der Waals surface area contributed by atoms with Crippen LogP contribution in [-0.2, 0) is 0 Å². The van der Waals surface area contributed by atoms with Crippen molar-refractivity contribution in [1.82, 2.24) is 4.98 Å². The zero-order valence-corrected chi connectivity index (χ0v) is 16.4. The summed E-state index contributed by atoms with van der Waals surface area (Å²) in [5.74, 6) is 1.55. The number of benzene rings is 3. The molecule has 0 aliphatic carbocycles. The summed E-state index contributed by atoms with van der Waals surface area (Å²) in [7, 11) is 0. The van der Waals surface area contributed by atoms with Crippen LogP contribution >= 0.6 is 0 Å². The Bertz CT molecular complexity index is 1100. The van der Waals surface area contributed by atoms with Crippen LogP contribution in [0, 0.1) is 5.92 Å². The van der Waals surface area contributed by atoms with Crippen LogP contribution in [0.15, 0.2) is 77.2 Å². The van der Waals surface area contributed by atoms with Crippen LogP contribution in [0.1, 0.15) is 24.2 Å². The SMILES string of the molecule is CC(C)COc1ccc(C(=O)Nc2cccc(-c3nc4ccccc4o3)c2)cc1. The lowest BCUT2D eigenvalue weighted by Crippen LogP contribution is -2.12. The third kappa shape index (κ3) is 4.46. The number of ether oxygens (including phenoxy) is 1. The van der Waals surface area contributed by atoms with Gasteiger partial charge >= 0.3 is 0 Å². The highest BCUT2D eigenvalue weighted by Gasteiger charge is 2.11. The first kappa shape index (κ1) is 18.7. The van der Waals surface area contributed by atoms with Crippen molar-refractivity contribution in [3.8, 4) is 17.2 Å². The highest BCUT2D eigenvalue weighted by Crippen LogP contribution is 2.26. The van der Waals surface area contributed by atoms with Gasteiger partial charge in [0.2, 0.25) is 5.89 Å².